The molecule has 4 aromatic rings. The van der Waals surface area contributed by atoms with E-state index in [1.807, 2.05) is 19.1 Å². The lowest BCUT2D eigenvalue weighted by Crippen LogP contribution is -2.29. The zero-order valence-electron chi connectivity index (χ0n) is 16.4. The number of aromatic nitrogens is 4. The van der Waals surface area contributed by atoms with E-state index < -0.39 is 5.69 Å². The number of nitrogens with zero attached hydrogens (tertiary/aromatic N) is 4. The highest BCUT2D eigenvalue weighted by atomic mass is 19.1. The highest BCUT2D eigenvalue weighted by Crippen LogP contribution is 2.16. The number of rotatable bonds is 5. The van der Waals surface area contributed by atoms with Crippen LogP contribution in [0.25, 0.3) is 5.65 Å². The zero-order valence-corrected chi connectivity index (χ0v) is 16.4. The number of benzene rings is 2. The van der Waals surface area contributed by atoms with E-state index in [2.05, 4.69) is 20.7 Å². The zero-order chi connectivity index (χ0) is 21.3. The van der Waals surface area contributed by atoms with Crippen LogP contribution in [0.4, 0.5) is 21.7 Å². The van der Waals surface area contributed by atoms with E-state index in [9.17, 15) is 14.0 Å². The van der Waals surface area contributed by atoms with Gasteiger partial charge < -0.3 is 10.6 Å². The van der Waals surface area contributed by atoms with E-state index in [0.717, 1.165) is 10.2 Å². The second-order valence-corrected chi connectivity index (χ2v) is 6.90. The fourth-order valence-corrected chi connectivity index (χ4v) is 2.98. The number of anilines is 3. The van der Waals surface area contributed by atoms with Gasteiger partial charge >= 0.3 is 5.69 Å². The Morgan fingerprint density at radius 2 is 1.70 bits per heavy atom. The molecule has 2 aromatic carbocycles. The molecule has 0 atom stereocenters. The van der Waals surface area contributed by atoms with E-state index >= 15 is 0 Å². The SMILES string of the molecule is Cc1ccc(NC(=O)Cn2nc3cc(C)nc(Nc4ccc(F)cc4)n3c2=O)cc1. The normalized spacial score (nSPS) is 10.9. The molecule has 0 spiro atoms. The van der Waals surface area contributed by atoms with E-state index in [1.165, 1.54) is 28.7 Å². The van der Waals surface area contributed by atoms with Crippen molar-refractivity contribution in [1.29, 1.82) is 0 Å². The smallest absolute Gasteiger partial charge is 0.325 e. The lowest BCUT2D eigenvalue weighted by Gasteiger charge is -2.07. The van der Waals surface area contributed by atoms with Crippen molar-refractivity contribution in [2.24, 2.45) is 0 Å². The van der Waals surface area contributed by atoms with Crippen LogP contribution in [0, 0.1) is 19.7 Å². The average Bonchev–Trinajstić information content (AvgIpc) is 3.00. The van der Waals surface area contributed by atoms with Crippen molar-refractivity contribution in [2.45, 2.75) is 20.4 Å². The molecule has 0 radical (unpaired) electrons. The molecule has 8 nitrogen and oxygen atoms in total. The quantitative estimate of drug-likeness (QED) is 0.531. The maximum absolute atomic E-state index is 13.2. The van der Waals surface area contributed by atoms with Crippen LogP contribution in [0.2, 0.25) is 0 Å². The first-order valence-corrected chi connectivity index (χ1v) is 9.25. The van der Waals surface area contributed by atoms with Crippen LogP contribution < -0.4 is 16.3 Å². The predicted octanol–water partition coefficient (Wildman–Crippen LogP) is 3.03. The average molecular weight is 406 g/mol. The molecule has 4 rings (SSSR count). The van der Waals surface area contributed by atoms with Crippen LogP contribution >= 0.6 is 0 Å². The van der Waals surface area contributed by atoms with Gasteiger partial charge in [-0.3, -0.25) is 4.79 Å². The molecule has 9 heteroatoms. The Balaban J connectivity index is 1.62. The van der Waals surface area contributed by atoms with Gasteiger partial charge in [0.1, 0.15) is 12.4 Å². The molecule has 0 saturated carbocycles. The Bertz CT molecular complexity index is 1280. The molecule has 0 fully saturated rings. The van der Waals surface area contributed by atoms with Gasteiger partial charge in [-0.25, -0.2) is 23.3 Å². The Labute approximate surface area is 171 Å². The molecule has 30 heavy (non-hydrogen) atoms. The third-order valence-electron chi connectivity index (χ3n) is 4.43. The molecular weight excluding hydrogens is 387 g/mol. The summed E-state index contributed by atoms with van der Waals surface area (Å²) in [6.45, 7) is 3.47. The van der Waals surface area contributed by atoms with Crippen LogP contribution in [0.1, 0.15) is 11.3 Å². The van der Waals surface area contributed by atoms with Gasteiger partial charge in [-0.2, -0.15) is 0 Å². The van der Waals surface area contributed by atoms with Crippen molar-refractivity contribution in [3.05, 3.63) is 82.2 Å². The summed E-state index contributed by atoms with van der Waals surface area (Å²) in [5, 5.41) is 10.00. The minimum atomic E-state index is -0.513. The predicted molar refractivity (Wildman–Crippen MR) is 111 cm³/mol. The molecule has 2 aromatic heterocycles. The summed E-state index contributed by atoms with van der Waals surface area (Å²) in [4.78, 5) is 29.6. The van der Waals surface area contributed by atoms with E-state index in [1.54, 1.807) is 25.1 Å². The van der Waals surface area contributed by atoms with Crippen LogP contribution in [-0.2, 0) is 11.3 Å². The van der Waals surface area contributed by atoms with Gasteiger partial charge in [0.05, 0.1) is 0 Å². The number of carbonyl (C=O) groups is 1. The fraction of sp³-hybridized carbons (Fsp3) is 0.143. The Hall–Kier alpha value is -4.01. The molecule has 0 saturated heterocycles. The number of amides is 1. The number of hydrogen-bond donors (Lipinski definition) is 2. The van der Waals surface area contributed by atoms with Gasteiger partial charge in [-0.05, 0) is 50.2 Å². The number of nitrogens with one attached hydrogen (secondary N) is 2. The number of halogens is 1. The molecular formula is C21H19FN6O2. The molecule has 0 aliphatic heterocycles. The summed E-state index contributed by atoms with van der Waals surface area (Å²) < 4.78 is 15.5. The Morgan fingerprint density at radius 1 is 1.03 bits per heavy atom. The molecule has 1 amide bonds. The topological polar surface area (TPSA) is 93.3 Å². The maximum atomic E-state index is 13.2. The van der Waals surface area contributed by atoms with Gasteiger partial charge in [0.25, 0.3) is 0 Å². The van der Waals surface area contributed by atoms with E-state index in [4.69, 9.17) is 0 Å². The third-order valence-corrected chi connectivity index (χ3v) is 4.43. The first-order chi connectivity index (χ1) is 14.4. The molecule has 2 heterocycles. The minimum Gasteiger partial charge on any atom is -0.325 e. The first kappa shape index (κ1) is 19.3. The first-order valence-electron chi connectivity index (χ1n) is 9.25. The van der Waals surface area contributed by atoms with Crippen LogP contribution in [0.3, 0.4) is 0 Å². The lowest BCUT2D eigenvalue weighted by molar-refractivity contribution is -0.117. The van der Waals surface area contributed by atoms with Gasteiger partial charge in [0.2, 0.25) is 11.9 Å². The number of carbonyl (C=O) groups excluding carboxylic acids is 1. The molecule has 0 unspecified atom stereocenters. The minimum absolute atomic E-state index is 0.229. The highest BCUT2D eigenvalue weighted by Gasteiger charge is 2.15. The summed E-state index contributed by atoms with van der Waals surface area (Å²) in [5.41, 5.74) is 2.74. The molecule has 0 bridgehead atoms. The van der Waals surface area contributed by atoms with Crippen molar-refractivity contribution in [3.63, 3.8) is 0 Å². The maximum Gasteiger partial charge on any atom is 0.353 e. The summed E-state index contributed by atoms with van der Waals surface area (Å²) in [5.74, 6) is -0.513. The lowest BCUT2D eigenvalue weighted by atomic mass is 10.2. The van der Waals surface area contributed by atoms with Crippen LogP contribution in [-0.4, -0.2) is 25.1 Å². The Morgan fingerprint density at radius 3 is 2.40 bits per heavy atom. The van der Waals surface area contributed by atoms with E-state index in [0.29, 0.717) is 22.7 Å². The van der Waals surface area contributed by atoms with Crippen molar-refractivity contribution >= 4 is 28.9 Å². The van der Waals surface area contributed by atoms with Gasteiger partial charge in [-0.1, -0.05) is 17.7 Å². The van der Waals surface area contributed by atoms with Gasteiger partial charge in [-0.15, -0.1) is 5.10 Å². The second-order valence-electron chi connectivity index (χ2n) is 6.90. The monoisotopic (exact) mass is 406 g/mol. The van der Waals surface area contributed by atoms with Crippen LogP contribution in [0.15, 0.2) is 59.4 Å². The molecule has 0 aliphatic carbocycles. The summed E-state index contributed by atoms with van der Waals surface area (Å²) in [6.07, 6.45) is 0. The third kappa shape index (κ3) is 4.04. The van der Waals surface area contributed by atoms with Gasteiger partial charge in [0.15, 0.2) is 5.65 Å². The van der Waals surface area contributed by atoms with Gasteiger partial charge in [0, 0.05) is 23.1 Å². The second kappa shape index (κ2) is 7.78. The Kier molecular flexibility index (Phi) is 5.01. The molecule has 0 aliphatic rings. The van der Waals surface area contributed by atoms with Crippen molar-refractivity contribution < 1.29 is 9.18 Å². The van der Waals surface area contributed by atoms with Crippen molar-refractivity contribution in [1.82, 2.24) is 19.2 Å². The van der Waals surface area contributed by atoms with Crippen LogP contribution in [0.5, 0.6) is 0 Å². The molecule has 152 valence electrons. The molecule has 2 N–H and O–H groups in total. The number of hydrogen-bond acceptors (Lipinski definition) is 5. The largest absolute Gasteiger partial charge is 0.353 e. The van der Waals surface area contributed by atoms with Crippen molar-refractivity contribution in [2.75, 3.05) is 10.6 Å². The number of aryl methyl sites for hydroxylation is 2. The summed E-state index contributed by atoms with van der Waals surface area (Å²) in [6, 6.07) is 14.7. The fourth-order valence-electron chi connectivity index (χ4n) is 2.98. The van der Waals surface area contributed by atoms with E-state index in [-0.39, 0.29) is 24.2 Å². The highest BCUT2D eigenvalue weighted by molar-refractivity contribution is 5.90. The van der Waals surface area contributed by atoms with Crippen molar-refractivity contribution in [3.8, 4) is 0 Å². The summed E-state index contributed by atoms with van der Waals surface area (Å²) in [7, 11) is 0. The number of fused-ring (bicyclic) bond motifs is 1. The standard InChI is InChI=1S/C21H19FN6O2/c1-13-3-7-16(8-4-13)24-19(29)12-27-21(30)28-18(26-27)11-14(2)23-20(28)25-17-9-5-15(22)6-10-17/h3-11H,12H2,1-2H3,(H,23,25)(H,24,29). The summed E-state index contributed by atoms with van der Waals surface area (Å²) >= 11 is 0.